The second kappa shape index (κ2) is 6.48. The zero-order valence-electron chi connectivity index (χ0n) is 12.4. The van der Waals surface area contributed by atoms with Crippen molar-refractivity contribution in [1.29, 1.82) is 0 Å². The highest BCUT2D eigenvalue weighted by Gasteiger charge is 2.47. The molecule has 1 N–H and O–H groups in total. The number of fused-ring (bicyclic) bond motifs is 1. The number of ether oxygens (including phenoxy) is 2. The van der Waals surface area contributed by atoms with Crippen molar-refractivity contribution in [2.24, 2.45) is 11.3 Å². The van der Waals surface area contributed by atoms with Crippen LogP contribution in [0.1, 0.15) is 12.0 Å². The molecule has 0 amide bonds. The molecule has 0 bridgehead atoms. The number of hydrogen-bond acceptors (Lipinski definition) is 4. The molecule has 3 rings (SSSR count). The molecule has 1 aromatic carbocycles. The quantitative estimate of drug-likeness (QED) is 0.904. The number of hydrogen-bond donors (Lipinski definition) is 1. The summed E-state index contributed by atoms with van der Waals surface area (Å²) in [4.78, 5) is 2.20. The predicted molar refractivity (Wildman–Crippen MR) is 76.8 cm³/mol. The number of benzene rings is 1. The first kappa shape index (κ1) is 15.6. The van der Waals surface area contributed by atoms with Gasteiger partial charge in [0.25, 0.3) is 0 Å². The van der Waals surface area contributed by atoms with Crippen molar-refractivity contribution in [2.45, 2.75) is 19.6 Å². The van der Waals surface area contributed by atoms with Crippen molar-refractivity contribution in [2.75, 3.05) is 32.9 Å². The Morgan fingerprint density at radius 3 is 2.95 bits per heavy atom. The van der Waals surface area contributed by atoms with Crippen LogP contribution in [0.25, 0.3) is 0 Å². The van der Waals surface area contributed by atoms with E-state index in [0.29, 0.717) is 25.7 Å². The van der Waals surface area contributed by atoms with Crippen LogP contribution >= 0.6 is 0 Å². The van der Waals surface area contributed by atoms with Crippen molar-refractivity contribution in [3.05, 3.63) is 29.8 Å². The molecule has 0 saturated carbocycles. The van der Waals surface area contributed by atoms with E-state index in [1.54, 1.807) is 12.1 Å². The molecule has 2 atom stereocenters. The monoisotopic (exact) mass is 313 g/mol. The van der Waals surface area contributed by atoms with Gasteiger partial charge in [-0.25, -0.2) is 0 Å². The lowest BCUT2D eigenvalue weighted by Gasteiger charge is -2.36. The third kappa shape index (κ3) is 3.09. The van der Waals surface area contributed by atoms with E-state index in [1.165, 1.54) is 0 Å². The van der Waals surface area contributed by atoms with E-state index in [2.05, 4.69) is 9.64 Å². The second-order valence-corrected chi connectivity index (χ2v) is 6.20. The van der Waals surface area contributed by atoms with Crippen LogP contribution in [-0.2, 0) is 11.3 Å². The Morgan fingerprint density at radius 1 is 1.41 bits per heavy atom. The van der Waals surface area contributed by atoms with Crippen LogP contribution in [-0.4, -0.2) is 49.5 Å². The first-order valence-corrected chi connectivity index (χ1v) is 7.57. The van der Waals surface area contributed by atoms with Gasteiger partial charge in [0, 0.05) is 43.1 Å². The standard InChI is InChI=1S/C16H21F2NO3/c17-15(18)22-14-4-2-1-3-12(14)7-19-8-13-9-21-6-5-16(13,10-19)11-20/h1-4,13,15,20H,5-11H2/t13-,16-/m1/s1. The van der Waals surface area contributed by atoms with Gasteiger partial charge < -0.3 is 14.6 Å². The number of nitrogens with zero attached hydrogens (tertiary/aromatic N) is 1. The predicted octanol–water partition coefficient (Wildman–Crippen LogP) is 2.12. The molecule has 4 nitrogen and oxygen atoms in total. The number of para-hydroxylation sites is 1. The smallest absolute Gasteiger partial charge is 0.387 e. The van der Waals surface area contributed by atoms with Crippen LogP contribution in [0.2, 0.25) is 0 Å². The van der Waals surface area contributed by atoms with Gasteiger partial charge in [-0.15, -0.1) is 0 Å². The zero-order valence-corrected chi connectivity index (χ0v) is 12.4. The molecule has 0 spiro atoms. The molecule has 2 fully saturated rings. The molecular weight excluding hydrogens is 292 g/mol. The maximum absolute atomic E-state index is 12.5. The Kier molecular flexibility index (Phi) is 4.61. The van der Waals surface area contributed by atoms with Gasteiger partial charge in [0.05, 0.1) is 13.2 Å². The summed E-state index contributed by atoms with van der Waals surface area (Å²) < 4.78 is 35.1. The van der Waals surface area contributed by atoms with Gasteiger partial charge >= 0.3 is 6.61 Å². The average molecular weight is 313 g/mol. The van der Waals surface area contributed by atoms with Gasteiger partial charge in [0.2, 0.25) is 0 Å². The summed E-state index contributed by atoms with van der Waals surface area (Å²) in [5.41, 5.74) is 0.631. The number of aliphatic hydroxyl groups is 1. The minimum absolute atomic E-state index is 0.114. The maximum atomic E-state index is 12.5. The van der Waals surface area contributed by atoms with Crippen molar-refractivity contribution in [3.8, 4) is 5.75 Å². The van der Waals surface area contributed by atoms with Crippen LogP contribution in [0.4, 0.5) is 8.78 Å². The molecule has 0 unspecified atom stereocenters. The van der Waals surface area contributed by atoms with Crippen LogP contribution < -0.4 is 4.74 Å². The highest BCUT2D eigenvalue weighted by molar-refractivity contribution is 5.33. The summed E-state index contributed by atoms with van der Waals surface area (Å²) >= 11 is 0. The van der Waals surface area contributed by atoms with Crippen LogP contribution in [0.5, 0.6) is 5.75 Å². The van der Waals surface area contributed by atoms with E-state index in [9.17, 15) is 13.9 Å². The minimum atomic E-state index is -2.82. The van der Waals surface area contributed by atoms with Gasteiger partial charge in [-0.1, -0.05) is 18.2 Å². The van der Waals surface area contributed by atoms with E-state index >= 15 is 0 Å². The highest BCUT2D eigenvalue weighted by Crippen LogP contribution is 2.42. The lowest BCUT2D eigenvalue weighted by molar-refractivity contribution is -0.0508. The van der Waals surface area contributed by atoms with Crippen molar-refractivity contribution in [1.82, 2.24) is 4.90 Å². The molecule has 0 radical (unpaired) electrons. The molecule has 6 heteroatoms. The molecule has 2 heterocycles. The fourth-order valence-corrected chi connectivity index (χ4v) is 3.62. The molecule has 2 aliphatic rings. The third-order valence-electron chi connectivity index (χ3n) is 4.84. The van der Waals surface area contributed by atoms with Gasteiger partial charge in [0.15, 0.2) is 0 Å². The Balaban J connectivity index is 1.72. The van der Waals surface area contributed by atoms with Gasteiger partial charge in [-0.2, -0.15) is 8.78 Å². The Bertz CT molecular complexity index is 514. The van der Waals surface area contributed by atoms with Crippen molar-refractivity contribution >= 4 is 0 Å². The van der Waals surface area contributed by atoms with Gasteiger partial charge in [-0.05, 0) is 12.5 Å². The largest absolute Gasteiger partial charge is 0.434 e. The summed E-state index contributed by atoms with van der Waals surface area (Å²) in [6.07, 6.45) is 0.847. The molecule has 0 aliphatic carbocycles. The van der Waals surface area contributed by atoms with Crippen LogP contribution in [0.3, 0.4) is 0 Å². The first-order chi connectivity index (χ1) is 10.6. The molecule has 2 aliphatic heterocycles. The summed E-state index contributed by atoms with van der Waals surface area (Å²) in [5, 5.41) is 9.80. The molecule has 2 saturated heterocycles. The Hall–Kier alpha value is -1.24. The molecule has 0 aromatic heterocycles. The van der Waals surface area contributed by atoms with Gasteiger partial charge in [-0.3, -0.25) is 4.90 Å². The maximum Gasteiger partial charge on any atom is 0.387 e. The zero-order chi connectivity index (χ0) is 15.6. The lowest BCUT2D eigenvalue weighted by atomic mass is 9.75. The average Bonchev–Trinajstić information content (AvgIpc) is 2.87. The van der Waals surface area contributed by atoms with E-state index in [4.69, 9.17) is 4.74 Å². The number of aliphatic hydroxyl groups excluding tert-OH is 1. The topological polar surface area (TPSA) is 41.9 Å². The van der Waals surface area contributed by atoms with Gasteiger partial charge in [0.1, 0.15) is 5.75 Å². The van der Waals surface area contributed by atoms with Crippen molar-refractivity contribution < 1.29 is 23.4 Å². The summed E-state index contributed by atoms with van der Waals surface area (Å²) in [6, 6.07) is 6.88. The van der Waals surface area contributed by atoms with Crippen molar-refractivity contribution in [3.63, 3.8) is 0 Å². The highest BCUT2D eigenvalue weighted by atomic mass is 19.3. The molecule has 22 heavy (non-hydrogen) atoms. The second-order valence-electron chi connectivity index (χ2n) is 6.20. The number of rotatable bonds is 5. The van der Waals surface area contributed by atoms with Crippen LogP contribution in [0.15, 0.2) is 24.3 Å². The first-order valence-electron chi connectivity index (χ1n) is 7.57. The fourth-order valence-electron chi connectivity index (χ4n) is 3.62. The third-order valence-corrected chi connectivity index (χ3v) is 4.84. The van der Waals surface area contributed by atoms with E-state index in [0.717, 1.165) is 25.1 Å². The fraction of sp³-hybridized carbons (Fsp3) is 0.625. The molecule has 1 aromatic rings. The normalized spacial score (nSPS) is 28.8. The molecule has 122 valence electrons. The van der Waals surface area contributed by atoms with E-state index in [1.807, 2.05) is 12.1 Å². The number of alkyl halides is 2. The minimum Gasteiger partial charge on any atom is -0.434 e. The van der Waals surface area contributed by atoms with E-state index in [-0.39, 0.29) is 17.8 Å². The Labute approximate surface area is 128 Å². The van der Waals surface area contributed by atoms with E-state index < -0.39 is 6.61 Å². The lowest BCUT2D eigenvalue weighted by Crippen LogP contribution is -2.41. The molecular formula is C16H21F2NO3. The summed E-state index contributed by atoms with van der Waals surface area (Å²) in [5.74, 6) is 0.524. The Morgan fingerprint density at radius 2 is 2.23 bits per heavy atom. The van der Waals surface area contributed by atoms with Crippen LogP contribution in [0, 0.1) is 11.3 Å². The summed E-state index contributed by atoms with van der Waals surface area (Å²) in [7, 11) is 0. The SMILES string of the molecule is OC[C@]12CCOC[C@H]1CN(Cc1ccccc1OC(F)F)C2. The summed E-state index contributed by atoms with van der Waals surface area (Å²) in [6.45, 7) is 0.777. The number of likely N-dealkylation sites (tertiary alicyclic amines) is 1. The number of halogens is 2.